The van der Waals surface area contributed by atoms with Crippen molar-refractivity contribution in [1.29, 1.82) is 0 Å². The molecule has 1 atom stereocenters. The number of nitrogens with zero attached hydrogens (tertiary/aromatic N) is 6. The minimum absolute atomic E-state index is 0.175. The molecule has 2 aliphatic heterocycles. The van der Waals surface area contributed by atoms with Gasteiger partial charge in [0.2, 0.25) is 11.9 Å². The summed E-state index contributed by atoms with van der Waals surface area (Å²) in [4.78, 5) is 28.5. The average molecular weight is 399 g/mol. The van der Waals surface area contributed by atoms with E-state index in [2.05, 4.69) is 27.0 Å². The molecule has 4 heterocycles. The minimum Gasteiger partial charge on any atom is -0.356 e. The van der Waals surface area contributed by atoms with Crippen LogP contribution in [-0.4, -0.2) is 77.1 Å². The van der Waals surface area contributed by atoms with Crippen LogP contribution >= 0.6 is 0 Å². The molecule has 156 valence electrons. The van der Waals surface area contributed by atoms with E-state index in [4.69, 9.17) is 9.51 Å². The van der Waals surface area contributed by atoms with Crippen molar-refractivity contribution in [3.63, 3.8) is 0 Å². The Morgan fingerprint density at radius 1 is 1.24 bits per heavy atom. The Balaban J connectivity index is 1.68. The number of aromatic nitrogens is 3. The number of piperazine rings is 1. The fourth-order valence-electron chi connectivity index (χ4n) is 4.19. The second kappa shape index (κ2) is 8.49. The number of rotatable bonds is 4. The molecule has 0 bridgehead atoms. The SMILES string of the molecule is CCC(=O)N1CCC[C@H](c2nc(N3CCN(C)CC3)ncc2-c2cc(C)no2)C1. The van der Waals surface area contributed by atoms with Crippen molar-refractivity contribution < 1.29 is 9.32 Å². The first kappa shape index (κ1) is 19.8. The normalized spacial score (nSPS) is 20.9. The van der Waals surface area contributed by atoms with Crippen LogP contribution in [0.1, 0.15) is 43.5 Å². The fourth-order valence-corrected chi connectivity index (χ4v) is 4.19. The quantitative estimate of drug-likeness (QED) is 0.782. The maximum Gasteiger partial charge on any atom is 0.225 e. The zero-order valence-corrected chi connectivity index (χ0v) is 17.6. The smallest absolute Gasteiger partial charge is 0.225 e. The number of aryl methyl sites for hydroxylation is 1. The van der Waals surface area contributed by atoms with E-state index in [1.165, 1.54) is 0 Å². The van der Waals surface area contributed by atoms with Crippen LogP contribution in [0.3, 0.4) is 0 Å². The molecule has 0 unspecified atom stereocenters. The summed E-state index contributed by atoms with van der Waals surface area (Å²) >= 11 is 0. The minimum atomic E-state index is 0.175. The standard InChI is InChI=1S/C21H30N6O2/c1-4-19(28)27-7-5-6-16(14-27)20-17(18-12-15(2)24-29-18)13-22-21(23-20)26-10-8-25(3)9-11-26/h12-13,16H,4-11,14H2,1-3H3/t16-/m0/s1. The molecule has 0 N–H and O–H groups in total. The lowest BCUT2D eigenvalue weighted by atomic mass is 9.91. The maximum absolute atomic E-state index is 12.3. The van der Waals surface area contributed by atoms with Gasteiger partial charge < -0.3 is 19.2 Å². The van der Waals surface area contributed by atoms with Gasteiger partial charge in [-0.1, -0.05) is 12.1 Å². The van der Waals surface area contributed by atoms with Crippen molar-refractivity contribution in [2.75, 3.05) is 51.2 Å². The number of likely N-dealkylation sites (N-methyl/N-ethyl adjacent to an activating group) is 1. The number of anilines is 1. The van der Waals surface area contributed by atoms with E-state index in [-0.39, 0.29) is 11.8 Å². The van der Waals surface area contributed by atoms with Crippen LogP contribution in [0.25, 0.3) is 11.3 Å². The molecule has 2 aromatic rings. The van der Waals surface area contributed by atoms with Crippen LogP contribution in [0.5, 0.6) is 0 Å². The van der Waals surface area contributed by atoms with Crippen LogP contribution in [-0.2, 0) is 4.79 Å². The monoisotopic (exact) mass is 398 g/mol. The summed E-state index contributed by atoms with van der Waals surface area (Å²) in [6.45, 7) is 9.21. The van der Waals surface area contributed by atoms with Gasteiger partial charge in [0.15, 0.2) is 5.76 Å². The topological polar surface area (TPSA) is 78.6 Å². The van der Waals surface area contributed by atoms with Crippen molar-refractivity contribution in [2.24, 2.45) is 0 Å². The highest BCUT2D eigenvalue weighted by atomic mass is 16.5. The molecule has 1 amide bonds. The lowest BCUT2D eigenvalue weighted by molar-refractivity contribution is -0.132. The number of hydrogen-bond acceptors (Lipinski definition) is 7. The zero-order valence-electron chi connectivity index (χ0n) is 17.6. The van der Waals surface area contributed by atoms with Crippen molar-refractivity contribution in [3.8, 4) is 11.3 Å². The van der Waals surface area contributed by atoms with E-state index in [0.717, 1.165) is 68.5 Å². The highest BCUT2D eigenvalue weighted by molar-refractivity contribution is 5.76. The molecule has 0 radical (unpaired) electrons. The Bertz CT molecular complexity index is 859. The molecule has 2 aromatic heterocycles. The number of piperidine rings is 1. The van der Waals surface area contributed by atoms with Gasteiger partial charge >= 0.3 is 0 Å². The van der Waals surface area contributed by atoms with Gasteiger partial charge in [-0.25, -0.2) is 9.97 Å². The summed E-state index contributed by atoms with van der Waals surface area (Å²) in [6.07, 6.45) is 4.40. The number of likely N-dealkylation sites (tertiary alicyclic amines) is 1. The molecule has 2 saturated heterocycles. The van der Waals surface area contributed by atoms with E-state index >= 15 is 0 Å². The molecule has 0 saturated carbocycles. The Kier molecular flexibility index (Phi) is 5.80. The molecule has 0 aromatic carbocycles. The fraction of sp³-hybridized carbons (Fsp3) is 0.619. The molecule has 0 spiro atoms. The van der Waals surface area contributed by atoms with Gasteiger partial charge in [0.25, 0.3) is 0 Å². The van der Waals surface area contributed by atoms with Gasteiger partial charge in [0.1, 0.15) is 0 Å². The van der Waals surface area contributed by atoms with Crippen molar-refractivity contribution >= 4 is 11.9 Å². The summed E-state index contributed by atoms with van der Waals surface area (Å²) in [5.41, 5.74) is 2.69. The number of hydrogen-bond donors (Lipinski definition) is 0. The molecule has 4 rings (SSSR count). The molecule has 8 nitrogen and oxygen atoms in total. The van der Waals surface area contributed by atoms with Gasteiger partial charge in [-0.2, -0.15) is 0 Å². The molecule has 2 aliphatic rings. The molecule has 8 heteroatoms. The van der Waals surface area contributed by atoms with E-state index in [1.807, 2.05) is 31.0 Å². The predicted octanol–water partition coefficient (Wildman–Crippen LogP) is 2.31. The van der Waals surface area contributed by atoms with E-state index in [0.29, 0.717) is 18.7 Å². The first-order valence-corrected chi connectivity index (χ1v) is 10.6. The number of amides is 1. The van der Waals surface area contributed by atoms with Gasteiger partial charge in [-0.15, -0.1) is 0 Å². The molecular formula is C21H30N6O2. The Morgan fingerprint density at radius 2 is 2.03 bits per heavy atom. The highest BCUT2D eigenvalue weighted by Gasteiger charge is 2.29. The summed E-state index contributed by atoms with van der Waals surface area (Å²) in [6, 6.07) is 1.93. The summed E-state index contributed by atoms with van der Waals surface area (Å²) in [7, 11) is 2.14. The van der Waals surface area contributed by atoms with Crippen molar-refractivity contribution in [1.82, 2.24) is 24.9 Å². The van der Waals surface area contributed by atoms with Crippen LogP contribution in [0, 0.1) is 6.92 Å². The Hall–Kier alpha value is -2.48. The first-order chi connectivity index (χ1) is 14.0. The van der Waals surface area contributed by atoms with Crippen LogP contribution < -0.4 is 4.90 Å². The molecule has 0 aliphatic carbocycles. The third kappa shape index (κ3) is 4.27. The average Bonchev–Trinajstić information content (AvgIpc) is 3.19. The largest absolute Gasteiger partial charge is 0.356 e. The van der Waals surface area contributed by atoms with Gasteiger partial charge in [-0.3, -0.25) is 4.79 Å². The lowest BCUT2D eigenvalue weighted by Crippen LogP contribution is -2.45. The van der Waals surface area contributed by atoms with E-state index in [1.54, 1.807) is 0 Å². The first-order valence-electron chi connectivity index (χ1n) is 10.6. The maximum atomic E-state index is 12.3. The zero-order chi connectivity index (χ0) is 20.4. The number of carbonyl (C=O) groups excluding carboxylic acids is 1. The van der Waals surface area contributed by atoms with Crippen LogP contribution in [0.2, 0.25) is 0 Å². The highest BCUT2D eigenvalue weighted by Crippen LogP contribution is 2.34. The van der Waals surface area contributed by atoms with E-state index in [9.17, 15) is 4.79 Å². The molecular weight excluding hydrogens is 368 g/mol. The van der Waals surface area contributed by atoms with Gasteiger partial charge in [-0.05, 0) is 26.8 Å². The lowest BCUT2D eigenvalue weighted by Gasteiger charge is -2.35. The van der Waals surface area contributed by atoms with Crippen molar-refractivity contribution in [2.45, 2.75) is 39.0 Å². The third-order valence-corrected chi connectivity index (χ3v) is 5.95. The molecule has 29 heavy (non-hydrogen) atoms. The Morgan fingerprint density at radius 3 is 2.72 bits per heavy atom. The third-order valence-electron chi connectivity index (χ3n) is 5.95. The summed E-state index contributed by atoms with van der Waals surface area (Å²) < 4.78 is 5.55. The van der Waals surface area contributed by atoms with Crippen LogP contribution in [0.15, 0.2) is 16.8 Å². The predicted molar refractivity (Wildman–Crippen MR) is 111 cm³/mol. The van der Waals surface area contributed by atoms with Gasteiger partial charge in [0, 0.05) is 63.9 Å². The second-order valence-electron chi connectivity index (χ2n) is 8.12. The van der Waals surface area contributed by atoms with E-state index < -0.39 is 0 Å². The van der Waals surface area contributed by atoms with Crippen LogP contribution in [0.4, 0.5) is 5.95 Å². The summed E-state index contributed by atoms with van der Waals surface area (Å²) in [5, 5.41) is 4.05. The second-order valence-corrected chi connectivity index (χ2v) is 8.12. The number of carbonyl (C=O) groups is 1. The van der Waals surface area contributed by atoms with Crippen molar-refractivity contribution in [3.05, 3.63) is 23.7 Å². The molecule has 2 fully saturated rings. The van der Waals surface area contributed by atoms with Gasteiger partial charge in [0.05, 0.1) is 17.0 Å². The summed E-state index contributed by atoms with van der Waals surface area (Å²) in [5.74, 6) is 1.85. The Labute approximate surface area is 171 Å².